The second kappa shape index (κ2) is 5.69. The third-order valence-corrected chi connectivity index (χ3v) is 4.49. The molecule has 1 aliphatic heterocycles. The molecule has 1 aliphatic rings. The van der Waals surface area contributed by atoms with E-state index in [1.807, 2.05) is 52.8 Å². The molecule has 0 unspecified atom stereocenters. The third-order valence-electron chi connectivity index (χ3n) is 4.49. The molecule has 0 aliphatic carbocycles. The highest BCUT2D eigenvalue weighted by Crippen LogP contribution is 2.37. The lowest BCUT2D eigenvalue weighted by Crippen LogP contribution is -2.41. The van der Waals surface area contributed by atoms with Crippen LogP contribution >= 0.6 is 0 Å². The number of hydrogen-bond donors (Lipinski definition) is 0. The molecule has 0 radical (unpaired) electrons. The second-order valence-corrected chi connectivity index (χ2v) is 6.61. The molecule has 0 atom stereocenters. The molecule has 2 aromatic rings. The van der Waals surface area contributed by atoms with E-state index >= 15 is 0 Å². The Morgan fingerprint density at radius 1 is 1.13 bits per heavy atom. The quantitative estimate of drug-likeness (QED) is 0.812. The monoisotopic (exact) mass is 315 g/mol. The first-order valence-corrected chi connectivity index (χ1v) is 7.86. The van der Waals surface area contributed by atoms with Crippen molar-refractivity contribution in [2.45, 2.75) is 45.8 Å². The van der Waals surface area contributed by atoms with Crippen LogP contribution in [-0.4, -0.2) is 29.9 Å². The molecule has 1 aromatic heterocycles. The highest BCUT2D eigenvalue weighted by Gasteiger charge is 2.51. The molecule has 1 fully saturated rings. The van der Waals surface area contributed by atoms with Crippen molar-refractivity contribution in [1.82, 2.24) is 4.98 Å². The van der Waals surface area contributed by atoms with E-state index in [2.05, 4.69) is 4.98 Å². The minimum atomic E-state index is -0.419. The van der Waals surface area contributed by atoms with Crippen LogP contribution in [0.5, 0.6) is 5.75 Å². The first kappa shape index (κ1) is 16.1. The number of aromatic nitrogens is 1. The van der Waals surface area contributed by atoms with Gasteiger partial charge in [-0.2, -0.15) is 0 Å². The van der Waals surface area contributed by atoms with E-state index in [9.17, 15) is 0 Å². The molecule has 0 amide bonds. The Balaban J connectivity index is 1.95. The number of ether oxygens (including phenoxy) is 1. The third kappa shape index (κ3) is 2.89. The predicted octanol–water partition coefficient (Wildman–Crippen LogP) is 3.04. The van der Waals surface area contributed by atoms with Gasteiger partial charge in [-0.1, -0.05) is 6.07 Å². The Kier molecular flexibility index (Phi) is 3.98. The van der Waals surface area contributed by atoms with E-state index in [1.54, 1.807) is 12.5 Å². The molecule has 5 nitrogen and oxygen atoms in total. The lowest BCUT2D eigenvalue weighted by Gasteiger charge is -2.32. The van der Waals surface area contributed by atoms with Gasteiger partial charge in [0.25, 0.3) is 0 Å². The zero-order valence-electron chi connectivity index (χ0n) is 14.3. The average molecular weight is 315 g/mol. The molecule has 1 aromatic carbocycles. The van der Waals surface area contributed by atoms with Crippen LogP contribution in [0.15, 0.2) is 35.1 Å². The Labute approximate surface area is 137 Å². The van der Waals surface area contributed by atoms with E-state index in [4.69, 9.17) is 18.5 Å². The molecule has 3 rings (SSSR count). The summed E-state index contributed by atoms with van der Waals surface area (Å²) in [7, 11) is -0.419. The van der Waals surface area contributed by atoms with Gasteiger partial charge in [-0.25, -0.2) is 4.98 Å². The minimum absolute atomic E-state index is 0.370. The van der Waals surface area contributed by atoms with Crippen LogP contribution in [0.25, 0.3) is 11.5 Å². The van der Waals surface area contributed by atoms with E-state index < -0.39 is 7.12 Å². The van der Waals surface area contributed by atoms with Crippen LogP contribution in [0.2, 0.25) is 0 Å². The number of benzene rings is 1. The second-order valence-electron chi connectivity index (χ2n) is 6.61. The Morgan fingerprint density at radius 2 is 1.83 bits per heavy atom. The predicted molar refractivity (Wildman–Crippen MR) is 88.8 cm³/mol. The fourth-order valence-electron chi connectivity index (χ4n) is 2.47. The van der Waals surface area contributed by atoms with Gasteiger partial charge in [0, 0.05) is 0 Å². The number of rotatable bonds is 4. The molecule has 1 saturated heterocycles. The van der Waals surface area contributed by atoms with Gasteiger partial charge in [0.15, 0.2) is 0 Å². The lowest BCUT2D eigenvalue weighted by molar-refractivity contribution is 0.00578. The highest BCUT2D eigenvalue weighted by atomic mass is 16.7. The molecule has 122 valence electrons. The first-order valence-electron chi connectivity index (χ1n) is 7.86. The average Bonchev–Trinajstić information content (AvgIpc) is 3.06. The van der Waals surface area contributed by atoms with Crippen LogP contribution in [0.1, 0.15) is 34.6 Å². The standard InChI is InChI=1S/C17H22BNO4/c1-6-20-14-11-12(7-8-13(14)15-19-9-10-21-15)18-22-16(2,3)17(4,5)23-18/h7-11H,6H2,1-5H3. The van der Waals surface area contributed by atoms with Gasteiger partial charge in [0.1, 0.15) is 12.0 Å². The Bertz CT molecular complexity index is 666. The van der Waals surface area contributed by atoms with Crippen LogP contribution in [-0.2, 0) is 9.31 Å². The van der Waals surface area contributed by atoms with Gasteiger partial charge in [0.2, 0.25) is 5.89 Å². The SMILES string of the molecule is CCOc1cc(B2OC(C)(C)C(C)(C)O2)ccc1-c1ncco1. The summed E-state index contributed by atoms with van der Waals surface area (Å²) < 4.78 is 23.3. The lowest BCUT2D eigenvalue weighted by atomic mass is 9.78. The molecule has 0 bridgehead atoms. The van der Waals surface area contributed by atoms with E-state index in [-0.39, 0.29) is 11.2 Å². The van der Waals surface area contributed by atoms with Crippen molar-refractivity contribution in [2.75, 3.05) is 6.61 Å². The van der Waals surface area contributed by atoms with Crippen LogP contribution in [0.3, 0.4) is 0 Å². The van der Waals surface area contributed by atoms with Crippen molar-refractivity contribution in [2.24, 2.45) is 0 Å². The highest BCUT2D eigenvalue weighted by molar-refractivity contribution is 6.62. The van der Waals surface area contributed by atoms with Crippen molar-refractivity contribution >= 4 is 12.6 Å². The van der Waals surface area contributed by atoms with Crippen LogP contribution in [0, 0.1) is 0 Å². The molecule has 23 heavy (non-hydrogen) atoms. The molecule has 2 heterocycles. The number of oxazole rings is 1. The van der Waals surface area contributed by atoms with Crippen LogP contribution in [0.4, 0.5) is 0 Å². The fourth-order valence-corrected chi connectivity index (χ4v) is 2.47. The van der Waals surface area contributed by atoms with Crippen molar-refractivity contribution in [1.29, 1.82) is 0 Å². The largest absolute Gasteiger partial charge is 0.494 e. The zero-order chi connectivity index (χ0) is 16.7. The van der Waals surface area contributed by atoms with Gasteiger partial charge in [0.05, 0.1) is 29.6 Å². The van der Waals surface area contributed by atoms with Gasteiger partial charge in [-0.05, 0) is 52.2 Å². The maximum atomic E-state index is 6.10. The van der Waals surface area contributed by atoms with Crippen LogP contribution < -0.4 is 10.2 Å². The summed E-state index contributed by atoms with van der Waals surface area (Å²) >= 11 is 0. The molecular weight excluding hydrogens is 293 g/mol. The van der Waals surface area contributed by atoms with Gasteiger partial charge in [-0.3, -0.25) is 0 Å². The Morgan fingerprint density at radius 3 is 2.39 bits per heavy atom. The Hall–Kier alpha value is -1.79. The van der Waals surface area contributed by atoms with Crippen molar-refractivity contribution < 1.29 is 18.5 Å². The maximum absolute atomic E-state index is 6.10. The zero-order valence-corrected chi connectivity index (χ0v) is 14.3. The van der Waals surface area contributed by atoms with Crippen molar-refractivity contribution in [3.05, 3.63) is 30.7 Å². The summed E-state index contributed by atoms with van der Waals surface area (Å²) in [4.78, 5) is 4.19. The molecule has 0 spiro atoms. The summed E-state index contributed by atoms with van der Waals surface area (Å²) in [5.74, 6) is 1.25. The van der Waals surface area contributed by atoms with E-state index in [0.717, 1.165) is 11.0 Å². The van der Waals surface area contributed by atoms with Gasteiger partial charge < -0.3 is 18.5 Å². The summed E-state index contributed by atoms with van der Waals surface area (Å²) in [6.07, 6.45) is 3.17. The summed E-state index contributed by atoms with van der Waals surface area (Å²) in [6.45, 7) is 10.7. The van der Waals surface area contributed by atoms with Crippen molar-refractivity contribution in [3.8, 4) is 17.2 Å². The smallest absolute Gasteiger partial charge is 0.493 e. The topological polar surface area (TPSA) is 53.7 Å². The summed E-state index contributed by atoms with van der Waals surface area (Å²) in [5, 5.41) is 0. The first-order chi connectivity index (χ1) is 10.8. The van der Waals surface area contributed by atoms with Crippen molar-refractivity contribution in [3.63, 3.8) is 0 Å². The molecule has 0 saturated carbocycles. The van der Waals surface area contributed by atoms with Gasteiger partial charge in [-0.15, -0.1) is 0 Å². The maximum Gasteiger partial charge on any atom is 0.494 e. The number of nitrogens with zero attached hydrogens (tertiary/aromatic N) is 1. The summed E-state index contributed by atoms with van der Waals surface area (Å²) in [5.41, 5.74) is 0.995. The van der Waals surface area contributed by atoms with E-state index in [0.29, 0.717) is 18.2 Å². The molecule has 0 N–H and O–H groups in total. The molecular formula is C17H22BNO4. The fraction of sp³-hybridized carbons (Fsp3) is 0.471. The summed E-state index contributed by atoms with van der Waals surface area (Å²) in [6, 6.07) is 5.83. The van der Waals surface area contributed by atoms with E-state index in [1.165, 1.54) is 0 Å². The van der Waals surface area contributed by atoms with Gasteiger partial charge >= 0.3 is 7.12 Å². The molecule has 6 heteroatoms. The minimum Gasteiger partial charge on any atom is -0.493 e. The number of hydrogen-bond acceptors (Lipinski definition) is 5. The normalized spacial score (nSPS) is 19.1.